The van der Waals surface area contributed by atoms with Crippen LogP contribution in [0.1, 0.15) is 32.8 Å². The normalized spacial score (nSPS) is 13.6. The van der Waals surface area contributed by atoms with E-state index in [1.54, 1.807) is 24.3 Å². The minimum absolute atomic E-state index is 0.358. The van der Waals surface area contributed by atoms with Gasteiger partial charge in [0.25, 0.3) is 0 Å². The fraction of sp³-hybridized carbons (Fsp3) is 0.462. The molecule has 0 heterocycles. The number of hydrogen-bond acceptors (Lipinski definition) is 2. The van der Waals surface area contributed by atoms with Crippen LogP contribution >= 0.6 is 0 Å². The first-order valence-electron chi connectivity index (χ1n) is 5.76. The van der Waals surface area contributed by atoms with Crippen molar-refractivity contribution >= 4 is 9.76 Å². The van der Waals surface area contributed by atoms with Gasteiger partial charge in [0.15, 0.2) is 0 Å². The molecule has 0 N–H and O–H groups in total. The molecule has 1 atom stereocenters. The highest BCUT2D eigenvalue weighted by molar-refractivity contribution is 6.33. The summed E-state index contributed by atoms with van der Waals surface area (Å²) in [6.45, 7) is 5.68. The summed E-state index contributed by atoms with van der Waals surface area (Å²) in [6, 6.07) is 9.00. The molecule has 0 spiro atoms. The molecule has 1 unspecified atom stereocenters. The molecule has 0 bridgehead atoms. The van der Waals surface area contributed by atoms with Crippen molar-refractivity contribution < 1.29 is 8.82 Å². The Morgan fingerprint density at radius 1 is 1.41 bits per heavy atom. The summed E-state index contributed by atoms with van der Waals surface area (Å²) in [5.74, 6) is 0.729. The largest absolute Gasteiger partial charge is 0.549 e. The van der Waals surface area contributed by atoms with E-state index in [0.29, 0.717) is 12.0 Å². The maximum Gasteiger partial charge on any atom is 0.228 e. The molecule has 0 amide bonds. The number of nitrogens with zero attached hydrogens (tertiary/aromatic N) is 1. The molecule has 0 aromatic heterocycles. The summed E-state index contributed by atoms with van der Waals surface area (Å²) in [7, 11) is -0.994. The van der Waals surface area contributed by atoms with Crippen molar-refractivity contribution in [2.24, 2.45) is 0 Å². The van der Waals surface area contributed by atoms with Crippen LogP contribution < -0.4 is 4.43 Å². The number of hydrogen-bond donors (Lipinski definition) is 0. The van der Waals surface area contributed by atoms with Crippen LogP contribution in [0.2, 0.25) is 5.04 Å². The van der Waals surface area contributed by atoms with Crippen molar-refractivity contribution in [2.45, 2.75) is 38.4 Å². The van der Waals surface area contributed by atoms with Crippen LogP contribution in [0.5, 0.6) is 5.75 Å². The highest BCUT2D eigenvalue weighted by Gasteiger charge is 2.30. The molecule has 0 aliphatic rings. The lowest BCUT2D eigenvalue weighted by Gasteiger charge is -2.27. The van der Waals surface area contributed by atoms with Gasteiger partial charge in [-0.1, -0.05) is 20.8 Å². The van der Waals surface area contributed by atoms with E-state index in [4.69, 9.17) is 9.69 Å². The minimum atomic E-state index is -0.994. The number of benzene rings is 1. The third kappa shape index (κ3) is 3.86. The summed E-state index contributed by atoms with van der Waals surface area (Å²) in [6.07, 6.45) is -0.288. The lowest BCUT2D eigenvalue weighted by molar-refractivity contribution is 0.249. The molecule has 17 heavy (non-hydrogen) atoms. The van der Waals surface area contributed by atoms with Crippen molar-refractivity contribution in [1.29, 1.82) is 5.26 Å². The van der Waals surface area contributed by atoms with E-state index in [-0.39, 0.29) is 5.04 Å². The Kier molecular flexibility index (Phi) is 4.70. The van der Waals surface area contributed by atoms with Gasteiger partial charge in [0.1, 0.15) is 11.9 Å². The Hall–Kier alpha value is -1.34. The van der Waals surface area contributed by atoms with E-state index in [0.717, 1.165) is 5.75 Å². The maximum absolute atomic E-state index is 13.6. The van der Waals surface area contributed by atoms with Gasteiger partial charge in [-0.2, -0.15) is 5.26 Å². The highest BCUT2D eigenvalue weighted by atomic mass is 28.2. The number of alkyl halides is 1. The van der Waals surface area contributed by atoms with Crippen molar-refractivity contribution in [3.8, 4) is 11.8 Å². The van der Waals surface area contributed by atoms with Crippen LogP contribution in [-0.2, 0) is 0 Å². The molecular formula is C13H18FNOSi. The van der Waals surface area contributed by atoms with Crippen LogP contribution in [0.25, 0.3) is 0 Å². The quantitative estimate of drug-likeness (QED) is 0.754. The highest BCUT2D eigenvalue weighted by Crippen LogP contribution is 2.32. The molecule has 1 rings (SSSR count). The summed E-state index contributed by atoms with van der Waals surface area (Å²) in [5.41, 5.74) is 0.607. The van der Waals surface area contributed by atoms with Gasteiger partial charge >= 0.3 is 0 Å². The summed E-state index contributed by atoms with van der Waals surface area (Å²) < 4.78 is 19.3. The van der Waals surface area contributed by atoms with E-state index >= 15 is 0 Å². The molecule has 92 valence electrons. The van der Waals surface area contributed by atoms with Gasteiger partial charge in [-0.3, -0.25) is 0 Å². The molecule has 4 heteroatoms. The van der Waals surface area contributed by atoms with Gasteiger partial charge in [0, 0.05) is 5.04 Å². The van der Waals surface area contributed by atoms with Gasteiger partial charge in [-0.05, 0) is 30.7 Å². The fourth-order valence-electron chi connectivity index (χ4n) is 1.54. The second-order valence-electron chi connectivity index (χ2n) is 4.79. The van der Waals surface area contributed by atoms with Crippen molar-refractivity contribution in [2.75, 3.05) is 0 Å². The molecule has 0 saturated carbocycles. The van der Waals surface area contributed by atoms with Gasteiger partial charge < -0.3 is 4.43 Å². The van der Waals surface area contributed by atoms with Crippen LogP contribution in [0.3, 0.4) is 0 Å². The Balaban J connectivity index is 2.58. The number of nitriles is 1. The second-order valence-corrected chi connectivity index (χ2v) is 7.19. The first-order valence-corrected chi connectivity index (χ1v) is 7.05. The summed E-state index contributed by atoms with van der Waals surface area (Å²) >= 11 is 0. The lowest BCUT2D eigenvalue weighted by atomic mass is 10.1. The van der Waals surface area contributed by atoms with E-state index < -0.39 is 15.9 Å². The maximum atomic E-state index is 13.6. The number of halogens is 1. The fourth-order valence-corrected chi connectivity index (χ4v) is 2.74. The van der Waals surface area contributed by atoms with Crippen LogP contribution in [0.15, 0.2) is 24.3 Å². The summed E-state index contributed by atoms with van der Waals surface area (Å²) in [4.78, 5) is 0. The SMILES string of the molecule is CCC(F)C(C)(C)[SiH2]Oc1ccc(C#N)cc1. The third-order valence-electron chi connectivity index (χ3n) is 2.80. The number of rotatable bonds is 5. The van der Waals surface area contributed by atoms with E-state index in [1.165, 1.54) is 0 Å². The molecular weight excluding hydrogens is 233 g/mol. The molecule has 0 radical (unpaired) electrons. The Bertz CT molecular complexity index is 397. The van der Waals surface area contributed by atoms with E-state index in [9.17, 15) is 4.39 Å². The van der Waals surface area contributed by atoms with Crippen molar-refractivity contribution in [3.05, 3.63) is 29.8 Å². The van der Waals surface area contributed by atoms with Crippen molar-refractivity contribution in [3.63, 3.8) is 0 Å². The monoisotopic (exact) mass is 251 g/mol. The van der Waals surface area contributed by atoms with Crippen LogP contribution in [0.4, 0.5) is 4.39 Å². The molecule has 0 aliphatic carbocycles. The lowest BCUT2D eigenvalue weighted by Crippen LogP contribution is -2.28. The third-order valence-corrected chi connectivity index (χ3v) is 4.47. The van der Waals surface area contributed by atoms with Crippen molar-refractivity contribution in [1.82, 2.24) is 0 Å². The first-order chi connectivity index (χ1) is 7.99. The minimum Gasteiger partial charge on any atom is -0.549 e. The Morgan fingerprint density at radius 3 is 2.47 bits per heavy atom. The van der Waals surface area contributed by atoms with Gasteiger partial charge in [0.2, 0.25) is 9.76 Å². The summed E-state index contributed by atoms with van der Waals surface area (Å²) in [5, 5.41) is 8.30. The van der Waals surface area contributed by atoms with Gasteiger partial charge in [-0.25, -0.2) is 4.39 Å². The zero-order chi connectivity index (χ0) is 12.9. The average molecular weight is 251 g/mol. The van der Waals surface area contributed by atoms with Gasteiger partial charge in [0.05, 0.1) is 11.6 Å². The molecule has 0 saturated heterocycles. The topological polar surface area (TPSA) is 33.0 Å². The van der Waals surface area contributed by atoms with E-state index in [1.807, 2.05) is 26.8 Å². The average Bonchev–Trinajstić information content (AvgIpc) is 2.36. The molecule has 0 fully saturated rings. The standard InChI is InChI=1S/C13H18FNOSi/c1-4-12(14)13(2,3)17-16-11-7-5-10(9-15)6-8-11/h5-8,12H,4,17H2,1-3H3. The van der Waals surface area contributed by atoms with E-state index in [2.05, 4.69) is 0 Å². The second kappa shape index (κ2) is 5.83. The molecule has 2 nitrogen and oxygen atoms in total. The Labute approximate surface area is 104 Å². The zero-order valence-electron chi connectivity index (χ0n) is 10.5. The van der Waals surface area contributed by atoms with Crippen LogP contribution in [-0.4, -0.2) is 15.9 Å². The molecule has 1 aromatic rings. The smallest absolute Gasteiger partial charge is 0.228 e. The predicted octanol–water partition coefficient (Wildman–Crippen LogP) is 2.97. The zero-order valence-corrected chi connectivity index (χ0v) is 11.9. The Morgan fingerprint density at radius 2 is 2.00 bits per heavy atom. The first kappa shape index (κ1) is 13.7. The molecule has 1 aromatic carbocycles. The molecule has 0 aliphatic heterocycles. The van der Waals surface area contributed by atoms with Crippen LogP contribution in [0, 0.1) is 11.3 Å². The predicted molar refractivity (Wildman–Crippen MR) is 69.6 cm³/mol. The van der Waals surface area contributed by atoms with Gasteiger partial charge in [-0.15, -0.1) is 0 Å².